The average molecular weight is 523 g/mol. The van der Waals surface area contributed by atoms with Crippen LogP contribution in [0.1, 0.15) is 61.0 Å². The van der Waals surface area contributed by atoms with E-state index in [4.69, 9.17) is 10.2 Å². The van der Waals surface area contributed by atoms with Gasteiger partial charge in [0.25, 0.3) is 12.4 Å². The molecule has 3 aliphatic rings. The number of nitrogens with zero attached hydrogens (tertiary/aromatic N) is 3. The highest BCUT2D eigenvalue weighted by Gasteiger charge is 2.46. The van der Waals surface area contributed by atoms with Gasteiger partial charge in [-0.15, -0.1) is 0 Å². The van der Waals surface area contributed by atoms with Crippen LogP contribution >= 0.6 is 0 Å². The number of anilines is 2. The Morgan fingerprint density at radius 2 is 1.92 bits per heavy atom. The zero-order chi connectivity index (χ0) is 26.2. The number of piperidine rings is 1. The number of benzene rings is 1. The fraction of sp³-hybridized carbons (Fsp3) is 0.464. The minimum Gasteiger partial charge on any atom is -0.424 e. The number of hydrogen-bond acceptors (Lipinski definition) is 7. The summed E-state index contributed by atoms with van der Waals surface area (Å²) in [7, 11) is 0. The van der Waals surface area contributed by atoms with Crippen molar-refractivity contribution in [2.45, 2.75) is 69.1 Å². The summed E-state index contributed by atoms with van der Waals surface area (Å²) in [6.07, 6.45) is 7.06. The molecular formula is C28H32F2N6O2. The van der Waals surface area contributed by atoms with E-state index >= 15 is 0 Å². The molecule has 10 heteroatoms. The van der Waals surface area contributed by atoms with E-state index in [1.165, 1.54) is 12.3 Å². The van der Waals surface area contributed by atoms with Gasteiger partial charge in [0.1, 0.15) is 5.69 Å². The number of fused-ring (bicyclic) bond motifs is 2. The zero-order valence-electron chi connectivity index (χ0n) is 21.0. The Hall–Kier alpha value is -3.53. The molecule has 4 N–H and O–H groups in total. The van der Waals surface area contributed by atoms with Crippen molar-refractivity contribution in [2.75, 3.05) is 16.8 Å². The molecular weight excluding hydrogens is 490 g/mol. The molecule has 2 bridgehead atoms. The molecule has 2 aromatic heterocycles. The molecule has 3 fully saturated rings. The second kappa shape index (κ2) is 10.3. The molecule has 3 aromatic rings. The Morgan fingerprint density at radius 1 is 1.08 bits per heavy atom. The van der Waals surface area contributed by atoms with Gasteiger partial charge in [0.15, 0.2) is 5.76 Å². The number of pyridine rings is 1. The number of alkyl halides is 2. The van der Waals surface area contributed by atoms with Crippen LogP contribution in [0.5, 0.6) is 0 Å². The number of nitrogens with one attached hydrogen (secondary N) is 2. The molecule has 2 aliphatic carbocycles. The number of nitrogens with two attached hydrogens (primary N) is 1. The van der Waals surface area contributed by atoms with Gasteiger partial charge in [-0.3, -0.25) is 9.78 Å². The third-order valence-corrected chi connectivity index (χ3v) is 8.24. The van der Waals surface area contributed by atoms with E-state index in [1.54, 1.807) is 24.4 Å². The summed E-state index contributed by atoms with van der Waals surface area (Å²) in [5, 5.41) is 7.43. The lowest BCUT2D eigenvalue weighted by Gasteiger charge is -2.40. The summed E-state index contributed by atoms with van der Waals surface area (Å²) < 4.78 is 32.5. The smallest absolute Gasteiger partial charge is 0.295 e. The normalized spacial score (nSPS) is 26.7. The fourth-order valence-electron chi connectivity index (χ4n) is 6.47. The van der Waals surface area contributed by atoms with Gasteiger partial charge in [-0.05, 0) is 55.9 Å². The van der Waals surface area contributed by atoms with Gasteiger partial charge < -0.3 is 25.7 Å². The summed E-state index contributed by atoms with van der Waals surface area (Å²) >= 11 is 0. The Morgan fingerprint density at radius 3 is 2.71 bits per heavy atom. The lowest BCUT2D eigenvalue weighted by molar-refractivity contribution is 0.1000. The quantitative estimate of drug-likeness (QED) is 0.392. The SMILES string of the molecule is NC(=O)c1cccc(-c2cnc(N[C@@H]3CCCC[C@H]3N[C@H]3C[C@@H]4C[C@H]3N(c3ccnc(C(F)F)c3)C4)o2)c1. The molecule has 3 heterocycles. The number of carbonyl (C=O) groups is 1. The molecule has 6 rings (SSSR count). The minimum atomic E-state index is -2.57. The first-order valence-corrected chi connectivity index (χ1v) is 13.3. The van der Waals surface area contributed by atoms with E-state index in [0.717, 1.165) is 56.3 Å². The third kappa shape index (κ3) is 4.97. The predicted molar refractivity (Wildman–Crippen MR) is 140 cm³/mol. The van der Waals surface area contributed by atoms with Crippen molar-refractivity contribution in [2.24, 2.45) is 11.7 Å². The predicted octanol–water partition coefficient (Wildman–Crippen LogP) is 4.75. The van der Waals surface area contributed by atoms with Gasteiger partial charge in [-0.2, -0.15) is 0 Å². The van der Waals surface area contributed by atoms with Crippen LogP contribution < -0.4 is 21.3 Å². The molecule has 2 saturated carbocycles. The molecule has 38 heavy (non-hydrogen) atoms. The van der Waals surface area contributed by atoms with E-state index in [0.29, 0.717) is 29.3 Å². The Bertz CT molecular complexity index is 1300. The molecule has 1 aliphatic heterocycles. The number of oxazole rings is 1. The van der Waals surface area contributed by atoms with Crippen molar-refractivity contribution >= 4 is 17.6 Å². The molecule has 1 amide bonds. The molecule has 200 valence electrons. The summed E-state index contributed by atoms with van der Waals surface area (Å²) in [5.74, 6) is 0.639. The van der Waals surface area contributed by atoms with Gasteiger partial charge in [-0.1, -0.05) is 25.0 Å². The van der Waals surface area contributed by atoms with Gasteiger partial charge >= 0.3 is 0 Å². The maximum Gasteiger partial charge on any atom is 0.295 e. The van der Waals surface area contributed by atoms with Gasteiger partial charge in [-0.25, -0.2) is 13.8 Å². The van der Waals surface area contributed by atoms with Crippen molar-refractivity contribution in [1.82, 2.24) is 15.3 Å². The molecule has 1 aromatic carbocycles. The van der Waals surface area contributed by atoms with Crippen LogP contribution in [0.25, 0.3) is 11.3 Å². The van der Waals surface area contributed by atoms with Crippen molar-refractivity contribution in [3.63, 3.8) is 0 Å². The van der Waals surface area contributed by atoms with Crippen LogP contribution in [-0.4, -0.2) is 46.6 Å². The van der Waals surface area contributed by atoms with Crippen LogP contribution in [-0.2, 0) is 0 Å². The molecule has 0 radical (unpaired) electrons. The molecule has 5 atom stereocenters. The highest BCUT2D eigenvalue weighted by atomic mass is 19.3. The number of rotatable bonds is 8. The Kier molecular flexibility index (Phi) is 6.73. The number of primary amides is 1. The van der Waals surface area contributed by atoms with E-state index in [-0.39, 0.29) is 23.8 Å². The van der Waals surface area contributed by atoms with Crippen LogP contribution in [0.15, 0.2) is 53.2 Å². The number of hydrogen-bond donors (Lipinski definition) is 3. The van der Waals surface area contributed by atoms with Crippen LogP contribution in [0, 0.1) is 5.92 Å². The monoisotopic (exact) mass is 522 g/mol. The standard InChI is InChI=1S/C28H32F2N6O2/c29-26(30)23-13-19(8-9-32-23)36-15-16-10-22(24(36)11-16)34-20-6-1-2-7-21(20)35-28-33-14-25(38-28)17-4-3-5-18(12-17)27(31)37/h3-5,8-9,12-14,16,20-22,24,26,34H,1-2,6-7,10-11,15H2,(H2,31,37)(H,33,35)/t16-,20-,21-,22+,24-/m1/s1. The van der Waals surface area contributed by atoms with Gasteiger partial charge in [0, 0.05) is 53.7 Å². The second-order valence-electron chi connectivity index (χ2n) is 10.7. The third-order valence-electron chi connectivity index (χ3n) is 8.24. The largest absolute Gasteiger partial charge is 0.424 e. The Balaban J connectivity index is 1.13. The lowest BCUT2D eigenvalue weighted by atomic mass is 9.89. The van der Waals surface area contributed by atoms with Gasteiger partial charge in [0.2, 0.25) is 5.91 Å². The molecule has 0 spiro atoms. The van der Waals surface area contributed by atoms with Crippen LogP contribution in [0.4, 0.5) is 20.5 Å². The minimum absolute atomic E-state index is 0.158. The topological polar surface area (TPSA) is 109 Å². The first-order chi connectivity index (χ1) is 18.4. The summed E-state index contributed by atoms with van der Waals surface area (Å²) in [5.41, 5.74) is 7.24. The van der Waals surface area contributed by atoms with Gasteiger partial charge in [0.05, 0.1) is 6.20 Å². The number of aromatic nitrogens is 2. The molecule has 0 unspecified atom stereocenters. The van der Waals surface area contributed by atoms with E-state index in [1.807, 2.05) is 12.1 Å². The summed E-state index contributed by atoms with van der Waals surface area (Å²) in [4.78, 5) is 22.1. The van der Waals surface area contributed by atoms with Crippen molar-refractivity contribution in [3.05, 3.63) is 60.0 Å². The number of amides is 1. The molecule has 8 nitrogen and oxygen atoms in total. The van der Waals surface area contributed by atoms with E-state index in [2.05, 4.69) is 25.5 Å². The maximum absolute atomic E-state index is 13.2. The van der Waals surface area contributed by atoms with Crippen LogP contribution in [0.2, 0.25) is 0 Å². The lowest BCUT2D eigenvalue weighted by Crippen LogP contribution is -2.56. The maximum atomic E-state index is 13.2. The molecule has 1 saturated heterocycles. The highest BCUT2D eigenvalue weighted by Crippen LogP contribution is 2.41. The van der Waals surface area contributed by atoms with Crippen LogP contribution in [0.3, 0.4) is 0 Å². The Labute approximate surface area is 220 Å². The van der Waals surface area contributed by atoms with E-state index < -0.39 is 12.3 Å². The fourth-order valence-corrected chi connectivity index (χ4v) is 6.47. The number of carbonyl (C=O) groups excluding carboxylic acids is 1. The number of halogens is 2. The van der Waals surface area contributed by atoms with E-state index in [9.17, 15) is 13.6 Å². The average Bonchev–Trinajstić information content (AvgIpc) is 3.66. The second-order valence-corrected chi connectivity index (χ2v) is 10.7. The zero-order valence-corrected chi connectivity index (χ0v) is 21.0. The summed E-state index contributed by atoms with van der Waals surface area (Å²) in [6, 6.07) is 11.8. The highest BCUT2D eigenvalue weighted by molar-refractivity contribution is 5.93. The van der Waals surface area contributed by atoms with Crippen molar-refractivity contribution in [3.8, 4) is 11.3 Å². The summed E-state index contributed by atoms with van der Waals surface area (Å²) in [6.45, 7) is 0.901. The van der Waals surface area contributed by atoms with Crippen molar-refractivity contribution in [1.29, 1.82) is 0 Å². The first kappa shape index (κ1) is 24.8. The van der Waals surface area contributed by atoms with Crippen molar-refractivity contribution < 1.29 is 18.0 Å². The first-order valence-electron chi connectivity index (χ1n) is 13.3.